The summed E-state index contributed by atoms with van der Waals surface area (Å²) in [5.74, 6) is 1.07. The first-order chi connectivity index (χ1) is 18.5. The summed E-state index contributed by atoms with van der Waals surface area (Å²) in [6.45, 7) is 9.80. The summed E-state index contributed by atoms with van der Waals surface area (Å²) in [6, 6.07) is 15.1. The van der Waals surface area contributed by atoms with E-state index in [4.69, 9.17) is 14.5 Å². The molecule has 4 heterocycles. The van der Waals surface area contributed by atoms with Gasteiger partial charge >= 0.3 is 5.97 Å². The molecule has 7 heteroatoms. The van der Waals surface area contributed by atoms with Crippen molar-refractivity contribution >= 4 is 16.9 Å². The number of piperidine rings is 1. The summed E-state index contributed by atoms with van der Waals surface area (Å²) in [6.07, 6.45) is 4.94. The zero-order chi connectivity index (χ0) is 26.2. The van der Waals surface area contributed by atoms with Crippen LogP contribution in [-0.2, 0) is 17.8 Å². The van der Waals surface area contributed by atoms with Gasteiger partial charge in [0, 0.05) is 23.2 Å². The molecule has 0 spiro atoms. The Balaban J connectivity index is 1.15. The first kappa shape index (κ1) is 24.6. The molecule has 2 aromatic carbocycles. The van der Waals surface area contributed by atoms with Crippen molar-refractivity contribution in [3.8, 4) is 11.4 Å². The molecule has 1 saturated heterocycles. The highest BCUT2D eigenvalue weighted by Crippen LogP contribution is 2.37. The lowest BCUT2D eigenvalue weighted by Crippen LogP contribution is -2.34. The number of likely N-dealkylation sites (tertiary alicyclic amines) is 1. The maximum atomic E-state index is 12.3. The lowest BCUT2D eigenvalue weighted by molar-refractivity contribution is 0.0516. The van der Waals surface area contributed by atoms with Crippen molar-refractivity contribution in [1.29, 1.82) is 0 Å². The highest BCUT2D eigenvalue weighted by atomic mass is 16.5. The second-order valence-electron chi connectivity index (χ2n) is 10.4. The Hall–Kier alpha value is -3.71. The van der Waals surface area contributed by atoms with Crippen LogP contribution in [0.2, 0.25) is 0 Å². The number of pyridine rings is 1. The Morgan fingerprint density at radius 1 is 1.11 bits per heavy atom. The van der Waals surface area contributed by atoms with Crippen LogP contribution in [-0.4, -0.2) is 51.6 Å². The lowest BCUT2D eigenvalue weighted by Gasteiger charge is -2.33. The summed E-state index contributed by atoms with van der Waals surface area (Å²) < 4.78 is 13.4. The SMILES string of the molecule is CCOC(=O)c1ncn2c1COc1c-2ccc(C)c1CCN1CCC(c2cccc3nc(C)ccc23)CC1. The molecule has 0 aliphatic carbocycles. The first-order valence-electron chi connectivity index (χ1n) is 13.6. The largest absolute Gasteiger partial charge is 0.485 e. The number of hydrogen-bond acceptors (Lipinski definition) is 6. The molecule has 2 aliphatic heterocycles. The van der Waals surface area contributed by atoms with Crippen molar-refractivity contribution in [2.45, 2.75) is 52.6 Å². The predicted molar refractivity (Wildman–Crippen MR) is 147 cm³/mol. The molecule has 1 fully saturated rings. The summed E-state index contributed by atoms with van der Waals surface area (Å²) in [5, 5.41) is 1.30. The molecule has 0 atom stereocenters. The van der Waals surface area contributed by atoms with Gasteiger partial charge in [0.1, 0.15) is 18.7 Å². The van der Waals surface area contributed by atoms with Crippen LogP contribution in [0.4, 0.5) is 0 Å². The van der Waals surface area contributed by atoms with E-state index in [-0.39, 0.29) is 0 Å². The van der Waals surface area contributed by atoms with Crippen LogP contribution in [0.15, 0.2) is 48.8 Å². The number of hydrogen-bond donors (Lipinski definition) is 0. The Bertz CT molecular complexity index is 1500. The van der Waals surface area contributed by atoms with Gasteiger partial charge in [-0.05, 0) is 88.4 Å². The Kier molecular flexibility index (Phi) is 6.62. The normalized spacial score (nSPS) is 15.7. The molecule has 196 valence electrons. The van der Waals surface area contributed by atoms with Gasteiger partial charge < -0.3 is 14.4 Å². The molecular weight excluding hydrogens is 476 g/mol. The third-order valence-electron chi connectivity index (χ3n) is 8.03. The van der Waals surface area contributed by atoms with Crippen LogP contribution in [0, 0.1) is 13.8 Å². The average Bonchev–Trinajstić information content (AvgIpc) is 3.37. The van der Waals surface area contributed by atoms with Gasteiger partial charge in [0.2, 0.25) is 0 Å². The molecule has 0 amide bonds. The topological polar surface area (TPSA) is 69.5 Å². The van der Waals surface area contributed by atoms with E-state index in [0.717, 1.165) is 67.2 Å². The van der Waals surface area contributed by atoms with Crippen LogP contribution in [0.1, 0.15) is 64.2 Å². The van der Waals surface area contributed by atoms with Crippen molar-refractivity contribution in [2.24, 2.45) is 0 Å². The Morgan fingerprint density at radius 2 is 1.95 bits per heavy atom. The molecule has 0 unspecified atom stereocenters. The molecule has 0 N–H and O–H groups in total. The van der Waals surface area contributed by atoms with E-state index in [1.165, 1.54) is 22.1 Å². The fourth-order valence-electron chi connectivity index (χ4n) is 5.98. The molecule has 38 heavy (non-hydrogen) atoms. The number of ether oxygens (including phenoxy) is 2. The van der Waals surface area contributed by atoms with Crippen LogP contribution >= 0.6 is 0 Å². The van der Waals surface area contributed by atoms with E-state index >= 15 is 0 Å². The third kappa shape index (κ3) is 4.45. The maximum Gasteiger partial charge on any atom is 0.358 e. The van der Waals surface area contributed by atoms with E-state index in [1.807, 2.05) is 4.57 Å². The van der Waals surface area contributed by atoms with Gasteiger partial charge in [0.25, 0.3) is 0 Å². The van der Waals surface area contributed by atoms with E-state index in [2.05, 4.69) is 66.2 Å². The maximum absolute atomic E-state index is 12.3. The third-order valence-corrected chi connectivity index (χ3v) is 8.03. The van der Waals surface area contributed by atoms with Crippen molar-refractivity contribution in [1.82, 2.24) is 19.4 Å². The minimum absolute atomic E-state index is 0.308. The summed E-state index contributed by atoms with van der Waals surface area (Å²) in [5.41, 5.74) is 8.08. The number of rotatable bonds is 6. The molecule has 7 nitrogen and oxygen atoms in total. The number of carbonyl (C=O) groups is 1. The van der Waals surface area contributed by atoms with Gasteiger partial charge in [-0.2, -0.15) is 0 Å². The second kappa shape index (κ2) is 10.2. The lowest BCUT2D eigenvalue weighted by atomic mass is 9.87. The van der Waals surface area contributed by atoms with Crippen molar-refractivity contribution in [3.05, 3.63) is 82.6 Å². The molecule has 0 bridgehead atoms. The number of aromatic nitrogens is 3. The molecule has 2 aromatic heterocycles. The van der Waals surface area contributed by atoms with Crippen LogP contribution in [0.5, 0.6) is 5.75 Å². The van der Waals surface area contributed by atoms with Crippen molar-refractivity contribution in [3.63, 3.8) is 0 Å². The van der Waals surface area contributed by atoms with Gasteiger partial charge in [-0.3, -0.25) is 9.55 Å². The Labute approximate surface area is 223 Å². The predicted octanol–water partition coefficient (Wildman–Crippen LogP) is 5.53. The van der Waals surface area contributed by atoms with E-state index < -0.39 is 5.97 Å². The summed E-state index contributed by atoms with van der Waals surface area (Å²) >= 11 is 0. The number of fused-ring (bicyclic) bond motifs is 4. The number of carbonyl (C=O) groups excluding carboxylic acids is 1. The molecule has 4 aromatic rings. The van der Waals surface area contributed by atoms with E-state index in [0.29, 0.717) is 24.8 Å². The minimum atomic E-state index is -0.404. The van der Waals surface area contributed by atoms with Gasteiger partial charge in [0.15, 0.2) is 5.69 Å². The quantitative estimate of drug-likeness (QED) is 0.318. The summed E-state index contributed by atoms with van der Waals surface area (Å²) in [4.78, 5) is 24.0. The molecule has 2 aliphatic rings. The smallest absolute Gasteiger partial charge is 0.358 e. The number of imidazole rings is 1. The zero-order valence-corrected chi connectivity index (χ0v) is 22.4. The highest BCUT2D eigenvalue weighted by Gasteiger charge is 2.28. The standard InChI is InChI=1S/C31H34N4O3/c1-4-37-31(36)29-28-18-38-30-23(20(2)8-11-27(30)35(28)19-32-29)14-17-34-15-12-22(13-16-34)24-6-5-7-26-25(24)10-9-21(3)33-26/h5-11,19,22H,4,12-18H2,1-3H3. The van der Waals surface area contributed by atoms with Crippen molar-refractivity contribution < 1.29 is 14.3 Å². The van der Waals surface area contributed by atoms with Crippen LogP contribution in [0.3, 0.4) is 0 Å². The van der Waals surface area contributed by atoms with E-state index in [9.17, 15) is 4.79 Å². The molecular formula is C31H34N4O3. The number of aryl methyl sites for hydroxylation is 2. The van der Waals surface area contributed by atoms with Gasteiger partial charge in [-0.15, -0.1) is 0 Å². The van der Waals surface area contributed by atoms with E-state index in [1.54, 1.807) is 13.3 Å². The monoisotopic (exact) mass is 510 g/mol. The minimum Gasteiger partial charge on any atom is -0.485 e. The summed E-state index contributed by atoms with van der Waals surface area (Å²) in [7, 11) is 0. The average molecular weight is 511 g/mol. The van der Waals surface area contributed by atoms with Gasteiger partial charge in [-0.25, -0.2) is 9.78 Å². The Morgan fingerprint density at radius 3 is 2.76 bits per heavy atom. The second-order valence-corrected chi connectivity index (χ2v) is 10.4. The van der Waals surface area contributed by atoms with Crippen LogP contribution < -0.4 is 4.74 Å². The first-order valence-corrected chi connectivity index (χ1v) is 13.6. The fraction of sp³-hybridized carbons (Fsp3) is 0.387. The van der Waals surface area contributed by atoms with Gasteiger partial charge in [0.05, 0.1) is 23.5 Å². The number of esters is 1. The molecule has 6 rings (SSSR count). The molecule has 0 radical (unpaired) electrons. The molecule has 0 saturated carbocycles. The van der Waals surface area contributed by atoms with Crippen molar-refractivity contribution in [2.75, 3.05) is 26.2 Å². The van der Waals surface area contributed by atoms with Crippen LogP contribution in [0.25, 0.3) is 16.6 Å². The number of nitrogens with zero attached hydrogens (tertiary/aromatic N) is 4. The zero-order valence-electron chi connectivity index (χ0n) is 22.4. The fourth-order valence-corrected chi connectivity index (χ4v) is 5.98. The van der Waals surface area contributed by atoms with Gasteiger partial charge in [-0.1, -0.05) is 24.3 Å². The number of benzene rings is 2. The highest BCUT2D eigenvalue weighted by molar-refractivity contribution is 5.89.